The van der Waals surface area contributed by atoms with Crippen molar-refractivity contribution in [1.82, 2.24) is 19.5 Å². The minimum Gasteiger partial charge on any atom is -0.309 e. The largest absolute Gasteiger partial charge is 0.309 e. The Labute approximate surface area is 326 Å². The molecule has 0 saturated carbocycles. The smallest absolute Gasteiger partial charge is 0.164 e. The molecule has 9 aromatic carbocycles. The predicted octanol–water partition coefficient (Wildman–Crippen LogP) is 13.1. The van der Waals surface area contributed by atoms with Crippen molar-refractivity contribution in [3.05, 3.63) is 194 Å². The first kappa shape index (κ1) is 25.5. The molecular weight excluding hydrogens is 669 g/mol. The zero-order valence-corrected chi connectivity index (χ0v) is 29.3. The Bertz CT molecular complexity index is 3480. The van der Waals surface area contributed by atoms with Gasteiger partial charge in [0.2, 0.25) is 0 Å². The SMILES string of the molecule is [2H]c1cc([2H])c2c(c1[2H])c1c([2H])c([2H])cc([2H])c1n2-c1cc(-c2ccc3c(ccc4ccc5ccccc5c43)c2)cc(-c2nc(-c3ccccc3)nc(-c3ccccc3)n2)c1. The van der Waals surface area contributed by atoms with E-state index in [4.69, 9.17) is 20.4 Å². The van der Waals surface area contributed by atoms with Gasteiger partial charge in [-0.2, -0.15) is 0 Å². The van der Waals surface area contributed by atoms with Crippen LogP contribution in [-0.2, 0) is 0 Å². The Morgan fingerprint density at radius 3 is 1.58 bits per heavy atom. The predicted molar refractivity (Wildman–Crippen MR) is 228 cm³/mol. The summed E-state index contributed by atoms with van der Waals surface area (Å²) in [4.78, 5) is 15.1. The highest BCUT2D eigenvalue weighted by molar-refractivity contribution is 6.20. The van der Waals surface area contributed by atoms with Gasteiger partial charge in [0.05, 0.1) is 19.3 Å². The van der Waals surface area contributed by atoms with Gasteiger partial charge in [-0.1, -0.05) is 158 Å². The van der Waals surface area contributed by atoms with Crippen LogP contribution in [0.1, 0.15) is 8.22 Å². The average molecular weight is 707 g/mol. The van der Waals surface area contributed by atoms with Crippen molar-refractivity contribution >= 4 is 54.1 Å². The first-order valence-corrected chi connectivity index (χ1v) is 18.1. The molecule has 4 heteroatoms. The van der Waals surface area contributed by atoms with Gasteiger partial charge in [0.25, 0.3) is 0 Å². The van der Waals surface area contributed by atoms with E-state index in [2.05, 4.69) is 66.7 Å². The molecule has 2 aromatic heterocycles. The van der Waals surface area contributed by atoms with Crippen molar-refractivity contribution in [3.63, 3.8) is 0 Å². The molecule has 2 heterocycles. The molecule has 0 atom stereocenters. The number of para-hydroxylation sites is 2. The van der Waals surface area contributed by atoms with Crippen molar-refractivity contribution in [2.45, 2.75) is 0 Å². The summed E-state index contributed by atoms with van der Waals surface area (Å²) in [5, 5.41) is 7.23. The molecule has 55 heavy (non-hydrogen) atoms. The van der Waals surface area contributed by atoms with Gasteiger partial charge in [0.1, 0.15) is 0 Å². The van der Waals surface area contributed by atoms with Crippen LogP contribution in [0.15, 0.2) is 194 Å². The second-order valence-corrected chi connectivity index (χ2v) is 13.6. The summed E-state index contributed by atoms with van der Waals surface area (Å²) >= 11 is 0. The van der Waals surface area contributed by atoms with Crippen molar-refractivity contribution in [1.29, 1.82) is 0 Å². The lowest BCUT2D eigenvalue weighted by atomic mass is 9.93. The molecule has 0 spiro atoms. The van der Waals surface area contributed by atoms with Gasteiger partial charge in [0, 0.05) is 33.2 Å². The number of hydrogen-bond donors (Lipinski definition) is 0. The standard InChI is InChI=1S/C51H32N4/c1-3-14-35(15-4-1)49-52-50(36-16-5-2-6-17-36)54-51(53-49)40-30-39(31-41(32-40)55-46-21-11-9-19-44(46)45-20-10-12-22-47(45)55)37-27-28-43-38(29-37)26-25-34-24-23-33-13-7-8-18-42(33)48(34)43/h1-32H/i9D,10D,19D,20D,21D,22D. The fraction of sp³-hybridized carbons (Fsp3) is 0. The van der Waals surface area contributed by atoms with Gasteiger partial charge in [-0.05, 0) is 79.8 Å². The Morgan fingerprint density at radius 1 is 0.364 bits per heavy atom. The van der Waals surface area contributed by atoms with E-state index in [1.165, 1.54) is 28.3 Å². The Kier molecular flexibility index (Phi) is 5.85. The first-order chi connectivity index (χ1) is 29.7. The van der Waals surface area contributed by atoms with Gasteiger partial charge in [-0.25, -0.2) is 15.0 Å². The maximum atomic E-state index is 9.19. The molecule has 0 aliphatic heterocycles. The van der Waals surface area contributed by atoms with E-state index >= 15 is 0 Å². The molecule has 0 unspecified atom stereocenters. The van der Waals surface area contributed by atoms with Crippen LogP contribution >= 0.6 is 0 Å². The normalized spacial score (nSPS) is 13.2. The second kappa shape index (κ2) is 12.6. The summed E-state index contributed by atoms with van der Waals surface area (Å²) < 4.78 is 55.2. The maximum absolute atomic E-state index is 9.19. The number of benzene rings is 9. The third-order valence-corrected chi connectivity index (χ3v) is 10.3. The molecule has 0 aliphatic carbocycles. The monoisotopic (exact) mass is 706 g/mol. The molecule has 4 nitrogen and oxygen atoms in total. The van der Waals surface area contributed by atoms with Crippen LogP contribution in [0.4, 0.5) is 0 Å². The molecule has 0 fully saturated rings. The third-order valence-electron chi connectivity index (χ3n) is 10.3. The van der Waals surface area contributed by atoms with Crippen LogP contribution in [0.25, 0.3) is 105 Å². The summed E-state index contributed by atoms with van der Waals surface area (Å²) in [6.45, 7) is 0. The van der Waals surface area contributed by atoms with E-state index < -0.39 is 0 Å². The summed E-state index contributed by atoms with van der Waals surface area (Å²) in [5.74, 6) is 1.38. The molecular formula is C51H32N4. The summed E-state index contributed by atoms with van der Waals surface area (Å²) in [6, 6.07) is 50.7. The van der Waals surface area contributed by atoms with E-state index in [0.29, 0.717) is 28.7 Å². The Hall–Kier alpha value is -7.43. The number of rotatable bonds is 5. The molecule has 256 valence electrons. The summed E-state index contributed by atoms with van der Waals surface area (Å²) in [7, 11) is 0. The average Bonchev–Trinajstić information content (AvgIpc) is 3.68. The minimum atomic E-state index is -0.171. The van der Waals surface area contributed by atoms with Gasteiger partial charge in [-0.15, -0.1) is 0 Å². The molecule has 0 N–H and O–H groups in total. The van der Waals surface area contributed by atoms with E-state index in [-0.39, 0.29) is 58.1 Å². The first-order valence-electron chi connectivity index (χ1n) is 21.1. The van der Waals surface area contributed by atoms with Crippen molar-refractivity contribution in [2.24, 2.45) is 0 Å². The van der Waals surface area contributed by atoms with Crippen molar-refractivity contribution in [3.8, 4) is 51.0 Å². The fourth-order valence-corrected chi connectivity index (χ4v) is 7.76. The lowest BCUT2D eigenvalue weighted by Crippen LogP contribution is -2.01. The zero-order valence-electron chi connectivity index (χ0n) is 35.3. The van der Waals surface area contributed by atoms with Crippen molar-refractivity contribution < 1.29 is 8.22 Å². The highest BCUT2D eigenvalue weighted by Crippen LogP contribution is 2.38. The third kappa shape index (κ3) is 5.26. The molecule has 0 bridgehead atoms. The van der Waals surface area contributed by atoms with E-state index in [0.717, 1.165) is 38.4 Å². The maximum Gasteiger partial charge on any atom is 0.164 e. The Morgan fingerprint density at radius 2 is 0.909 bits per heavy atom. The highest BCUT2D eigenvalue weighted by atomic mass is 15.0. The second-order valence-electron chi connectivity index (χ2n) is 13.6. The number of hydrogen-bond acceptors (Lipinski definition) is 3. The van der Waals surface area contributed by atoms with Crippen LogP contribution < -0.4 is 0 Å². The van der Waals surface area contributed by atoms with Crippen LogP contribution in [0.3, 0.4) is 0 Å². The van der Waals surface area contributed by atoms with Crippen LogP contribution in [-0.4, -0.2) is 19.5 Å². The Balaban J connectivity index is 1.23. The van der Waals surface area contributed by atoms with E-state index in [1.807, 2.05) is 78.9 Å². The topological polar surface area (TPSA) is 43.6 Å². The number of aromatic nitrogens is 4. The minimum absolute atomic E-state index is 0.0350. The molecule has 0 amide bonds. The van der Waals surface area contributed by atoms with Gasteiger partial charge in [-0.3, -0.25) is 0 Å². The number of fused-ring (bicyclic) bond motifs is 8. The fourth-order valence-electron chi connectivity index (χ4n) is 7.76. The lowest BCUT2D eigenvalue weighted by molar-refractivity contribution is 1.07. The van der Waals surface area contributed by atoms with Gasteiger partial charge in [0.15, 0.2) is 17.5 Å². The van der Waals surface area contributed by atoms with Crippen LogP contribution in [0.5, 0.6) is 0 Å². The highest BCUT2D eigenvalue weighted by Gasteiger charge is 2.18. The molecule has 0 radical (unpaired) electrons. The number of nitrogens with zero attached hydrogens (tertiary/aromatic N) is 4. The van der Waals surface area contributed by atoms with Crippen LogP contribution in [0.2, 0.25) is 0 Å². The van der Waals surface area contributed by atoms with E-state index in [9.17, 15) is 2.74 Å². The van der Waals surface area contributed by atoms with Crippen molar-refractivity contribution in [2.75, 3.05) is 0 Å². The summed E-state index contributed by atoms with van der Waals surface area (Å²) in [5.41, 5.74) is 5.05. The van der Waals surface area contributed by atoms with Gasteiger partial charge < -0.3 is 4.57 Å². The molecule has 0 aliphatic rings. The molecule has 11 rings (SSSR count). The summed E-state index contributed by atoms with van der Waals surface area (Å²) in [6.07, 6.45) is 0. The lowest BCUT2D eigenvalue weighted by Gasteiger charge is -2.15. The zero-order chi connectivity index (χ0) is 41.5. The molecule has 0 saturated heterocycles. The van der Waals surface area contributed by atoms with E-state index in [1.54, 1.807) is 4.57 Å². The van der Waals surface area contributed by atoms with Crippen LogP contribution in [0, 0.1) is 0 Å². The molecule has 11 aromatic rings. The van der Waals surface area contributed by atoms with Gasteiger partial charge >= 0.3 is 0 Å². The quantitative estimate of drug-likeness (QED) is 0.167.